The molecule has 3 aromatic rings. The van der Waals surface area contributed by atoms with Gasteiger partial charge < -0.3 is 15.9 Å². The molecule has 3 N–H and O–H groups in total. The Bertz CT molecular complexity index is 1010. The molecule has 0 radical (unpaired) electrons. The number of nitrogens with two attached hydrogens (primary N) is 1. The molecular weight excluding hydrogens is 388 g/mol. The number of carbonyl (C=O) groups is 1. The molecule has 0 aliphatic heterocycles. The molecule has 0 bridgehead atoms. The van der Waals surface area contributed by atoms with Crippen LogP contribution in [0, 0.1) is 11.3 Å². The Kier molecular flexibility index (Phi) is 6.71. The fourth-order valence-corrected chi connectivity index (χ4v) is 3.22. The van der Waals surface area contributed by atoms with Gasteiger partial charge in [-0.05, 0) is 48.9 Å². The number of amides is 1. The molecule has 0 saturated carbocycles. The third-order valence-corrected chi connectivity index (χ3v) is 4.88. The van der Waals surface area contributed by atoms with Crippen molar-refractivity contribution >= 4 is 23.4 Å². The summed E-state index contributed by atoms with van der Waals surface area (Å²) in [7, 11) is 0. The van der Waals surface area contributed by atoms with E-state index in [0.717, 1.165) is 16.9 Å². The van der Waals surface area contributed by atoms with Crippen LogP contribution < -0.4 is 15.9 Å². The van der Waals surface area contributed by atoms with Crippen molar-refractivity contribution < 1.29 is 9.53 Å². The highest BCUT2D eigenvalue weighted by Crippen LogP contribution is 2.24. The topological polar surface area (TPSA) is 119 Å². The lowest BCUT2D eigenvalue weighted by molar-refractivity contribution is -0.113. The van der Waals surface area contributed by atoms with Gasteiger partial charge in [0, 0.05) is 11.3 Å². The molecule has 0 unspecified atom stereocenters. The first kappa shape index (κ1) is 20.2. The van der Waals surface area contributed by atoms with Gasteiger partial charge in [-0.1, -0.05) is 23.9 Å². The summed E-state index contributed by atoms with van der Waals surface area (Å²) < 4.78 is 6.79. The Morgan fingerprint density at radius 3 is 2.59 bits per heavy atom. The highest BCUT2D eigenvalue weighted by molar-refractivity contribution is 7.99. The monoisotopic (exact) mass is 408 g/mol. The molecule has 29 heavy (non-hydrogen) atoms. The van der Waals surface area contributed by atoms with Crippen molar-refractivity contribution in [2.75, 3.05) is 23.5 Å². The molecular formula is C20H20N6O2S. The maximum Gasteiger partial charge on any atom is 0.234 e. The molecule has 1 heterocycles. The maximum absolute atomic E-state index is 12.2. The van der Waals surface area contributed by atoms with Gasteiger partial charge in [0.15, 0.2) is 5.82 Å². The van der Waals surface area contributed by atoms with Gasteiger partial charge in [0.1, 0.15) is 5.75 Å². The lowest BCUT2D eigenvalue weighted by atomic mass is 10.1. The quantitative estimate of drug-likeness (QED) is 0.434. The Morgan fingerprint density at radius 2 is 1.93 bits per heavy atom. The SMILES string of the molecule is CCOc1ccc(-c2nnc(SCC(=O)Nc3ccc(CC#N)cc3)n2N)cc1. The average molecular weight is 408 g/mol. The lowest BCUT2D eigenvalue weighted by Gasteiger charge is -2.07. The van der Waals surface area contributed by atoms with Gasteiger partial charge in [0.25, 0.3) is 0 Å². The van der Waals surface area contributed by atoms with E-state index >= 15 is 0 Å². The smallest absolute Gasteiger partial charge is 0.234 e. The predicted molar refractivity (Wildman–Crippen MR) is 112 cm³/mol. The zero-order chi connectivity index (χ0) is 20.6. The van der Waals surface area contributed by atoms with Gasteiger partial charge in [-0.2, -0.15) is 5.26 Å². The molecule has 148 valence electrons. The lowest BCUT2D eigenvalue weighted by Crippen LogP contribution is -2.16. The van der Waals surface area contributed by atoms with Gasteiger partial charge in [-0.3, -0.25) is 4.79 Å². The van der Waals surface area contributed by atoms with E-state index in [1.54, 1.807) is 12.1 Å². The first-order chi connectivity index (χ1) is 14.1. The highest BCUT2D eigenvalue weighted by atomic mass is 32.2. The Morgan fingerprint density at radius 1 is 1.21 bits per heavy atom. The van der Waals surface area contributed by atoms with E-state index in [4.69, 9.17) is 15.8 Å². The second kappa shape index (κ2) is 9.61. The van der Waals surface area contributed by atoms with Gasteiger partial charge in [-0.25, -0.2) is 4.68 Å². The van der Waals surface area contributed by atoms with E-state index in [9.17, 15) is 4.79 Å². The Balaban J connectivity index is 1.58. The molecule has 0 fully saturated rings. The summed E-state index contributed by atoms with van der Waals surface area (Å²) in [6.07, 6.45) is 0.340. The molecule has 3 rings (SSSR count). The number of nitriles is 1. The zero-order valence-corrected chi connectivity index (χ0v) is 16.6. The Labute approximate surface area is 172 Å². The highest BCUT2D eigenvalue weighted by Gasteiger charge is 2.14. The summed E-state index contributed by atoms with van der Waals surface area (Å²) in [6.45, 7) is 2.52. The average Bonchev–Trinajstić information content (AvgIpc) is 3.09. The van der Waals surface area contributed by atoms with Crippen molar-refractivity contribution in [3.05, 3.63) is 54.1 Å². The number of benzene rings is 2. The Hall–Kier alpha value is -3.51. The van der Waals surface area contributed by atoms with Crippen LogP contribution in [0.5, 0.6) is 5.75 Å². The van der Waals surface area contributed by atoms with Crippen LogP contribution in [0.1, 0.15) is 12.5 Å². The molecule has 1 aromatic heterocycles. The first-order valence-electron chi connectivity index (χ1n) is 8.93. The number of nitrogens with one attached hydrogen (secondary N) is 1. The van der Waals surface area contributed by atoms with Crippen LogP contribution in [0.4, 0.5) is 5.69 Å². The predicted octanol–water partition coefficient (Wildman–Crippen LogP) is 2.85. The molecule has 8 nitrogen and oxygen atoms in total. The first-order valence-corrected chi connectivity index (χ1v) is 9.91. The second-order valence-electron chi connectivity index (χ2n) is 6.00. The van der Waals surface area contributed by atoms with Crippen molar-refractivity contribution in [3.63, 3.8) is 0 Å². The summed E-state index contributed by atoms with van der Waals surface area (Å²) in [6, 6.07) is 16.6. The number of carbonyl (C=O) groups excluding carboxylic acids is 1. The summed E-state index contributed by atoms with van der Waals surface area (Å²) in [5, 5.41) is 20.1. The number of nitrogens with zero attached hydrogens (tertiary/aromatic N) is 4. The number of rotatable bonds is 8. The number of aromatic nitrogens is 3. The normalized spacial score (nSPS) is 10.3. The van der Waals surface area contributed by atoms with Crippen molar-refractivity contribution in [3.8, 4) is 23.2 Å². The van der Waals surface area contributed by atoms with Crippen LogP contribution in [0.15, 0.2) is 53.7 Å². The second-order valence-corrected chi connectivity index (χ2v) is 6.94. The minimum atomic E-state index is -0.186. The third-order valence-electron chi connectivity index (χ3n) is 3.94. The molecule has 0 aliphatic rings. The van der Waals surface area contributed by atoms with E-state index in [-0.39, 0.29) is 11.7 Å². The fraction of sp³-hybridized carbons (Fsp3) is 0.200. The minimum absolute atomic E-state index is 0.137. The number of hydrogen-bond acceptors (Lipinski definition) is 7. The molecule has 0 spiro atoms. The maximum atomic E-state index is 12.2. The molecule has 0 atom stereocenters. The number of anilines is 1. The number of hydrogen-bond donors (Lipinski definition) is 2. The zero-order valence-electron chi connectivity index (χ0n) is 15.8. The van der Waals surface area contributed by atoms with Crippen LogP contribution in [0.25, 0.3) is 11.4 Å². The summed E-state index contributed by atoms with van der Waals surface area (Å²) in [4.78, 5) is 12.2. The number of nitrogen functional groups attached to an aromatic ring is 1. The molecule has 2 aromatic carbocycles. The van der Waals surface area contributed by atoms with Crippen LogP contribution in [0.2, 0.25) is 0 Å². The number of thioether (sulfide) groups is 1. The standard InChI is InChI=1S/C20H20N6O2S/c1-2-28-17-9-5-15(6-10-17)19-24-25-20(26(19)22)29-13-18(27)23-16-7-3-14(4-8-16)11-12-21/h3-10H,2,11,13,22H2,1H3,(H,23,27). The van der Waals surface area contributed by atoms with Gasteiger partial charge >= 0.3 is 0 Å². The van der Waals surface area contributed by atoms with Crippen LogP contribution in [0.3, 0.4) is 0 Å². The van der Waals surface area contributed by atoms with Gasteiger partial charge in [0.05, 0.1) is 24.8 Å². The van der Waals surface area contributed by atoms with Crippen molar-refractivity contribution in [1.82, 2.24) is 14.9 Å². The third kappa shape index (κ3) is 5.27. The van der Waals surface area contributed by atoms with E-state index in [1.807, 2.05) is 43.3 Å². The van der Waals surface area contributed by atoms with Crippen LogP contribution in [-0.4, -0.2) is 33.1 Å². The van der Waals surface area contributed by atoms with Gasteiger partial charge in [0.2, 0.25) is 11.1 Å². The van der Waals surface area contributed by atoms with Crippen LogP contribution >= 0.6 is 11.8 Å². The van der Waals surface area contributed by atoms with E-state index in [0.29, 0.717) is 29.7 Å². The fourth-order valence-electron chi connectivity index (χ4n) is 2.56. The van der Waals surface area contributed by atoms with Crippen LogP contribution in [-0.2, 0) is 11.2 Å². The minimum Gasteiger partial charge on any atom is -0.494 e. The van der Waals surface area contributed by atoms with Crippen molar-refractivity contribution in [2.45, 2.75) is 18.5 Å². The summed E-state index contributed by atoms with van der Waals surface area (Å²) in [5.41, 5.74) is 2.37. The number of ether oxygens (including phenoxy) is 1. The van der Waals surface area contributed by atoms with Crippen molar-refractivity contribution in [1.29, 1.82) is 5.26 Å². The molecule has 1 amide bonds. The molecule has 9 heteroatoms. The summed E-state index contributed by atoms with van der Waals surface area (Å²) in [5.74, 6) is 7.32. The van der Waals surface area contributed by atoms with Gasteiger partial charge in [-0.15, -0.1) is 10.2 Å². The van der Waals surface area contributed by atoms with E-state index in [1.165, 1.54) is 16.4 Å². The summed E-state index contributed by atoms with van der Waals surface area (Å²) >= 11 is 1.20. The molecule has 0 saturated heterocycles. The molecule has 0 aliphatic carbocycles. The van der Waals surface area contributed by atoms with E-state index in [2.05, 4.69) is 21.6 Å². The van der Waals surface area contributed by atoms with E-state index < -0.39 is 0 Å². The largest absolute Gasteiger partial charge is 0.494 e. The van der Waals surface area contributed by atoms with Crippen molar-refractivity contribution in [2.24, 2.45) is 0 Å².